The number of hydrogen-bond acceptors (Lipinski definition) is 5. The minimum Gasteiger partial charge on any atom is -0.493 e. The zero-order valence-corrected chi connectivity index (χ0v) is 28.4. The van der Waals surface area contributed by atoms with E-state index in [1.165, 1.54) is 0 Å². The maximum atomic E-state index is 7.14. The Balaban J connectivity index is 2.66. The van der Waals surface area contributed by atoms with Crippen LogP contribution in [0.15, 0.2) is 24.3 Å². The largest absolute Gasteiger partial charge is 0.493 e. The predicted octanol–water partition coefficient (Wildman–Crippen LogP) is 8.51. The second-order valence-electron chi connectivity index (χ2n) is 14.0. The van der Waals surface area contributed by atoms with Gasteiger partial charge < -0.3 is 13.8 Å². The molecule has 35 heavy (non-hydrogen) atoms. The summed E-state index contributed by atoms with van der Waals surface area (Å²) in [6.07, 6.45) is -0.173. The molecule has 0 aromatic heterocycles. The van der Waals surface area contributed by atoms with Gasteiger partial charge in [-0.25, -0.2) is 0 Å². The van der Waals surface area contributed by atoms with Gasteiger partial charge in [-0.2, -0.15) is 10.1 Å². The lowest BCUT2D eigenvalue weighted by Gasteiger charge is -2.46. The van der Waals surface area contributed by atoms with Crippen LogP contribution in [0.4, 0.5) is 0 Å². The van der Waals surface area contributed by atoms with Crippen LogP contribution in [0.25, 0.3) is 0 Å². The summed E-state index contributed by atoms with van der Waals surface area (Å²) in [5.41, 5.74) is 0.536. The molecule has 1 aliphatic heterocycles. The molecular weight excluding hydrogens is 536 g/mol. The van der Waals surface area contributed by atoms with Crippen LogP contribution in [0.3, 0.4) is 0 Å². The van der Waals surface area contributed by atoms with Crippen LogP contribution in [0.2, 0.25) is 36.3 Å². The molecule has 0 amide bonds. The van der Waals surface area contributed by atoms with Crippen molar-refractivity contribution in [3.63, 3.8) is 0 Å². The van der Waals surface area contributed by atoms with Gasteiger partial charge in [0.25, 0.3) is 0 Å². The number of nitrogens with zero attached hydrogens (tertiary/aromatic N) is 2. The number of halogens is 1. The summed E-state index contributed by atoms with van der Waals surface area (Å²) in [6, 6.07) is 8.45. The van der Waals surface area contributed by atoms with Gasteiger partial charge in [0.2, 0.25) is 16.6 Å². The van der Waals surface area contributed by atoms with Crippen molar-refractivity contribution in [1.82, 2.24) is 10.1 Å². The molecule has 5 nitrogen and oxygen atoms in total. The number of hydroxylamine groups is 4. The maximum absolute atomic E-state index is 7.14. The third-order valence-corrected chi connectivity index (χ3v) is 17.7. The molecule has 0 unspecified atom stereocenters. The minimum absolute atomic E-state index is 0.0822. The fraction of sp³-hybridized carbons (Fsp3) is 0.778. The standard InChI is InChI=1S/C27H51BrN2O3Si2/c1-24(2,3)34(11,12)32-29-23(21-15-17-22(18-16-21)31-20-19-28)30(27(9,10)26(29,7)8)33-35(13,14)25(4,5)6/h15-18,23H,19-20H2,1-14H3. The predicted molar refractivity (Wildman–Crippen MR) is 157 cm³/mol. The summed E-state index contributed by atoms with van der Waals surface area (Å²) < 4.78 is 20.1. The van der Waals surface area contributed by atoms with E-state index in [1.807, 2.05) is 0 Å². The number of ether oxygens (including phenoxy) is 1. The molecule has 1 aromatic carbocycles. The Kier molecular flexibility index (Phi) is 8.99. The summed E-state index contributed by atoms with van der Waals surface area (Å²) in [6.45, 7) is 32.8. The van der Waals surface area contributed by atoms with Gasteiger partial charge in [-0.1, -0.05) is 69.6 Å². The van der Waals surface area contributed by atoms with Crippen molar-refractivity contribution in [2.75, 3.05) is 11.9 Å². The van der Waals surface area contributed by atoms with Crippen LogP contribution >= 0.6 is 15.9 Å². The molecule has 0 N–H and O–H groups in total. The van der Waals surface area contributed by atoms with E-state index in [-0.39, 0.29) is 27.3 Å². The summed E-state index contributed by atoms with van der Waals surface area (Å²) in [7, 11) is -4.25. The number of alkyl halides is 1. The molecule has 0 spiro atoms. The monoisotopic (exact) mass is 586 g/mol. The maximum Gasteiger partial charge on any atom is 0.220 e. The van der Waals surface area contributed by atoms with Gasteiger partial charge >= 0.3 is 0 Å². The van der Waals surface area contributed by atoms with Gasteiger partial charge in [0, 0.05) is 5.33 Å². The van der Waals surface area contributed by atoms with Crippen molar-refractivity contribution >= 4 is 32.6 Å². The van der Waals surface area contributed by atoms with Gasteiger partial charge in [-0.15, -0.1) is 0 Å². The Bertz CT molecular complexity index is 813. The Morgan fingerprint density at radius 1 is 0.771 bits per heavy atom. The van der Waals surface area contributed by atoms with E-state index in [2.05, 4.69) is 146 Å². The third kappa shape index (κ3) is 6.10. The molecule has 1 aliphatic rings. The second-order valence-corrected chi connectivity index (χ2v) is 24.2. The van der Waals surface area contributed by atoms with Crippen LogP contribution in [0.5, 0.6) is 5.75 Å². The van der Waals surface area contributed by atoms with E-state index >= 15 is 0 Å². The van der Waals surface area contributed by atoms with Gasteiger partial charge in [-0.05, 0) is 81.7 Å². The first kappa shape index (κ1) is 31.0. The highest BCUT2D eigenvalue weighted by atomic mass is 79.9. The van der Waals surface area contributed by atoms with Crippen molar-refractivity contribution in [1.29, 1.82) is 0 Å². The van der Waals surface area contributed by atoms with Crippen LogP contribution in [-0.2, 0) is 9.05 Å². The Hall–Kier alpha value is -0.226. The van der Waals surface area contributed by atoms with Crippen molar-refractivity contribution in [2.24, 2.45) is 0 Å². The highest BCUT2D eigenvalue weighted by molar-refractivity contribution is 9.09. The smallest absolute Gasteiger partial charge is 0.220 e. The minimum atomic E-state index is -2.12. The van der Waals surface area contributed by atoms with Crippen LogP contribution in [0.1, 0.15) is 81.0 Å². The highest BCUT2D eigenvalue weighted by Gasteiger charge is 2.63. The Morgan fingerprint density at radius 3 is 1.46 bits per heavy atom. The summed E-state index contributed by atoms with van der Waals surface area (Å²) in [5, 5.41) is 5.48. The van der Waals surface area contributed by atoms with Crippen molar-refractivity contribution in [2.45, 2.75) is 123 Å². The Morgan fingerprint density at radius 2 is 1.14 bits per heavy atom. The molecule has 1 saturated heterocycles. The van der Waals surface area contributed by atoms with E-state index in [1.54, 1.807) is 0 Å². The van der Waals surface area contributed by atoms with Crippen molar-refractivity contribution in [3.05, 3.63) is 29.8 Å². The molecule has 0 saturated carbocycles. The average molecular weight is 588 g/mol. The van der Waals surface area contributed by atoms with Gasteiger partial charge in [0.15, 0.2) is 0 Å². The first-order chi connectivity index (χ1) is 15.6. The van der Waals surface area contributed by atoms with Gasteiger partial charge in [0.05, 0.1) is 17.7 Å². The SMILES string of the molecule is CC1(C)N(O[Si](C)(C)C(C)(C)C)C(c2ccc(OCCBr)cc2)N(O[Si](C)(C)C(C)(C)C)C1(C)C. The lowest BCUT2D eigenvalue weighted by Crippen LogP contribution is -2.58. The van der Waals surface area contributed by atoms with Crippen LogP contribution < -0.4 is 4.74 Å². The quantitative estimate of drug-likeness (QED) is 0.225. The first-order valence-corrected chi connectivity index (χ1v) is 19.8. The van der Waals surface area contributed by atoms with Crippen molar-refractivity contribution < 1.29 is 13.8 Å². The molecule has 1 heterocycles. The molecule has 202 valence electrons. The van der Waals surface area contributed by atoms with Gasteiger partial charge in [-0.3, -0.25) is 0 Å². The van der Waals surface area contributed by atoms with Crippen LogP contribution in [-0.4, -0.2) is 49.8 Å². The summed E-state index contributed by atoms with van der Waals surface area (Å²) in [4.78, 5) is 0. The summed E-state index contributed by atoms with van der Waals surface area (Å²) >= 11 is 3.44. The molecule has 0 aliphatic carbocycles. The topological polar surface area (TPSA) is 34.2 Å². The van der Waals surface area contributed by atoms with E-state index in [4.69, 9.17) is 13.8 Å². The van der Waals surface area contributed by atoms with E-state index < -0.39 is 16.6 Å². The normalized spacial score (nSPS) is 20.4. The second kappa shape index (κ2) is 10.2. The molecule has 1 fully saturated rings. The number of benzene rings is 1. The number of hydrogen-bond donors (Lipinski definition) is 0. The molecule has 0 atom stereocenters. The molecule has 1 aromatic rings. The zero-order valence-electron chi connectivity index (χ0n) is 24.8. The molecule has 0 bridgehead atoms. The lowest BCUT2D eigenvalue weighted by atomic mass is 9.84. The van der Waals surface area contributed by atoms with Crippen LogP contribution in [0, 0.1) is 0 Å². The van der Waals surface area contributed by atoms with E-state index in [0.717, 1.165) is 16.6 Å². The van der Waals surface area contributed by atoms with Crippen molar-refractivity contribution in [3.8, 4) is 5.75 Å². The molecule has 8 heteroatoms. The first-order valence-electron chi connectivity index (χ1n) is 12.9. The number of rotatable bonds is 8. The molecular formula is C27H51BrN2O3Si2. The zero-order chi connectivity index (χ0) is 27.3. The molecule has 0 radical (unpaired) electrons. The summed E-state index contributed by atoms with van der Waals surface area (Å²) in [5.74, 6) is 0.874. The average Bonchev–Trinajstić information content (AvgIpc) is 2.82. The molecule has 2 rings (SSSR count). The van der Waals surface area contributed by atoms with E-state index in [9.17, 15) is 0 Å². The van der Waals surface area contributed by atoms with Gasteiger partial charge in [0.1, 0.15) is 11.9 Å². The third-order valence-electron chi connectivity index (χ3n) is 8.83. The van der Waals surface area contributed by atoms with E-state index in [0.29, 0.717) is 6.61 Å². The fourth-order valence-corrected chi connectivity index (χ4v) is 5.85. The highest BCUT2D eigenvalue weighted by Crippen LogP contribution is 2.54. The lowest BCUT2D eigenvalue weighted by molar-refractivity contribution is -0.204. The Labute approximate surface area is 226 Å². The fourth-order valence-electron chi connectivity index (χ4n) is 3.50.